The van der Waals surface area contributed by atoms with Gasteiger partial charge in [-0.25, -0.2) is 0 Å². The van der Waals surface area contributed by atoms with E-state index in [-0.39, 0.29) is 35.8 Å². The van der Waals surface area contributed by atoms with Crippen molar-refractivity contribution >= 4 is 11.6 Å². The van der Waals surface area contributed by atoms with Crippen LogP contribution in [0.1, 0.15) is 46.4 Å². The predicted octanol–water partition coefficient (Wildman–Crippen LogP) is 1.69. The number of carbonyl (C=O) groups is 2. The molecule has 2 unspecified atom stereocenters. The molecule has 0 aromatic heterocycles. The third-order valence-electron chi connectivity index (χ3n) is 6.02. The summed E-state index contributed by atoms with van der Waals surface area (Å²) in [6.07, 6.45) is 3.41. The molecule has 0 fully saturated rings. The Morgan fingerprint density at radius 2 is 0.971 bits per heavy atom. The third-order valence-corrected chi connectivity index (χ3v) is 6.02. The zero-order valence-corrected chi connectivity index (χ0v) is 22.7. The number of hydrogen-bond acceptors (Lipinski definition) is 6. The molecule has 2 rings (SSSR count). The van der Waals surface area contributed by atoms with Crippen LogP contribution in [0.2, 0.25) is 0 Å². The van der Waals surface area contributed by atoms with E-state index in [1.54, 1.807) is 14.2 Å². The minimum Gasteiger partial charge on any atom is -1.00 e. The van der Waals surface area contributed by atoms with Gasteiger partial charge >= 0.3 is 0 Å². The predicted molar refractivity (Wildman–Crippen MR) is 137 cm³/mol. The molecule has 2 atom stereocenters. The highest BCUT2D eigenvalue weighted by molar-refractivity contribution is 5.98. The zero-order valence-electron chi connectivity index (χ0n) is 21.9. The van der Waals surface area contributed by atoms with Crippen LogP contribution in [0.25, 0.3) is 0 Å². The van der Waals surface area contributed by atoms with E-state index in [0.29, 0.717) is 24.2 Å². The van der Waals surface area contributed by atoms with E-state index in [1.807, 2.05) is 76.7 Å². The summed E-state index contributed by atoms with van der Waals surface area (Å²) < 4.78 is 10.4. The van der Waals surface area contributed by atoms with Crippen LogP contribution in [0.4, 0.5) is 0 Å². The second-order valence-electron chi connectivity index (χ2n) is 9.39. The number of halogens is 1. The lowest BCUT2D eigenvalue weighted by molar-refractivity contribution is -0.0000235. The first-order valence-corrected chi connectivity index (χ1v) is 11.9. The Hall–Kier alpha value is -2.41. The monoisotopic (exact) mass is 503 g/mol. The van der Waals surface area contributed by atoms with Crippen molar-refractivity contribution in [3.63, 3.8) is 0 Å². The largest absolute Gasteiger partial charge is 1.00 e. The van der Waals surface area contributed by atoms with Gasteiger partial charge in [-0.2, -0.15) is 0 Å². The van der Waals surface area contributed by atoms with Crippen molar-refractivity contribution < 1.29 is 31.5 Å². The maximum Gasteiger partial charge on any atom is 0.167 e. The van der Waals surface area contributed by atoms with E-state index in [2.05, 4.69) is 9.80 Å². The van der Waals surface area contributed by atoms with Crippen molar-refractivity contribution in [2.24, 2.45) is 11.8 Å². The highest BCUT2D eigenvalue weighted by Gasteiger charge is 2.23. The van der Waals surface area contributed by atoms with Gasteiger partial charge in [-0.3, -0.25) is 9.59 Å². The molecule has 0 amide bonds. The van der Waals surface area contributed by atoms with Gasteiger partial charge in [-0.1, -0.05) is 12.8 Å². The molecular formula is C28H40ClN2O4-. The minimum atomic E-state index is -0.0759. The van der Waals surface area contributed by atoms with Crippen molar-refractivity contribution in [1.82, 2.24) is 9.80 Å². The normalized spacial score (nSPS) is 12.7. The summed E-state index contributed by atoms with van der Waals surface area (Å²) >= 11 is 0. The Morgan fingerprint density at radius 1 is 0.657 bits per heavy atom. The molecule has 0 radical (unpaired) electrons. The molecule has 0 saturated heterocycles. The average molecular weight is 504 g/mol. The van der Waals surface area contributed by atoms with Crippen LogP contribution in [0.3, 0.4) is 0 Å². The molecule has 0 bridgehead atoms. The number of rotatable bonds is 15. The summed E-state index contributed by atoms with van der Waals surface area (Å²) in [6.45, 7) is 1.41. The quantitative estimate of drug-likeness (QED) is 0.272. The van der Waals surface area contributed by atoms with Crippen LogP contribution < -0.4 is 21.9 Å². The molecule has 7 heteroatoms. The van der Waals surface area contributed by atoms with E-state index in [0.717, 1.165) is 37.2 Å². The lowest BCUT2D eigenvalue weighted by Crippen LogP contribution is -3.00. The summed E-state index contributed by atoms with van der Waals surface area (Å²) in [6, 6.07) is 14.7. The number of hydrogen-bond donors (Lipinski definition) is 0. The number of carbonyl (C=O) groups excluding carboxylic acids is 2. The number of ether oxygens (including phenoxy) is 2. The lowest BCUT2D eigenvalue weighted by atomic mass is 9.88. The SMILES string of the molecule is COc1ccc(C(=O)C(CCCCC(CN(C)C)C(=O)c2ccc(OC)cc2)CN(C)C)cc1.[Cl-]. The van der Waals surface area contributed by atoms with Crippen molar-refractivity contribution in [3.8, 4) is 11.5 Å². The van der Waals surface area contributed by atoms with Gasteiger partial charge in [0.25, 0.3) is 0 Å². The van der Waals surface area contributed by atoms with Crippen LogP contribution in [-0.2, 0) is 0 Å². The molecule has 2 aromatic carbocycles. The number of methoxy groups -OCH3 is 2. The molecule has 0 aliphatic carbocycles. The van der Waals surface area contributed by atoms with Gasteiger partial charge in [0.15, 0.2) is 11.6 Å². The van der Waals surface area contributed by atoms with Gasteiger partial charge in [0, 0.05) is 36.1 Å². The fourth-order valence-corrected chi connectivity index (χ4v) is 4.26. The summed E-state index contributed by atoms with van der Waals surface area (Å²) in [4.78, 5) is 30.4. The van der Waals surface area contributed by atoms with Crippen LogP contribution in [0, 0.1) is 11.8 Å². The first-order valence-electron chi connectivity index (χ1n) is 11.9. The van der Waals surface area contributed by atoms with E-state index < -0.39 is 0 Å². The molecule has 35 heavy (non-hydrogen) atoms. The Kier molecular flexibility index (Phi) is 13.6. The second kappa shape index (κ2) is 15.6. The van der Waals surface area contributed by atoms with Gasteiger partial charge in [0.1, 0.15) is 11.5 Å². The number of Topliss-reactive ketones (excluding diaryl/α,β-unsaturated/α-hetero) is 2. The Morgan fingerprint density at radius 3 is 1.23 bits per heavy atom. The molecule has 2 aromatic rings. The number of benzene rings is 2. The molecule has 0 N–H and O–H groups in total. The molecule has 0 aliphatic heterocycles. The zero-order chi connectivity index (χ0) is 25.1. The highest BCUT2D eigenvalue weighted by Crippen LogP contribution is 2.23. The Bertz CT molecular complexity index is 823. The van der Waals surface area contributed by atoms with Crippen LogP contribution >= 0.6 is 0 Å². The summed E-state index contributed by atoms with van der Waals surface area (Å²) in [5.74, 6) is 1.66. The molecule has 194 valence electrons. The van der Waals surface area contributed by atoms with Crippen molar-refractivity contribution in [2.75, 3.05) is 55.5 Å². The fraction of sp³-hybridized carbons (Fsp3) is 0.500. The summed E-state index contributed by atoms with van der Waals surface area (Å²) in [5, 5.41) is 0. The van der Waals surface area contributed by atoms with Crippen molar-refractivity contribution in [1.29, 1.82) is 0 Å². The second-order valence-corrected chi connectivity index (χ2v) is 9.39. The smallest absolute Gasteiger partial charge is 0.167 e. The van der Waals surface area contributed by atoms with Gasteiger partial charge in [-0.15, -0.1) is 0 Å². The summed E-state index contributed by atoms with van der Waals surface area (Å²) in [5.41, 5.74) is 1.43. The Balaban J connectivity index is 0.00000612. The van der Waals surface area contributed by atoms with Gasteiger partial charge in [0.2, 0.25) is 0 Å². The van der Waals surface area contributed by atoms with Gasteiger partial charge in [-0.05, 0) is 89.6 Å². The molecule has 0 aliphatic rings. The molecule has 0 spiro atoms. The molecular weight excluding hydrogens is 464 g/mol. The number of nitrogens with zero attached hydrogens (tertiary/aromatic N) is 2. The molecule has 0 saturated carbocycles. The number of unbranched alkanes of at least 4 members (excludes halogenated alkanes) is 1. The van der Waals surface area contributed by atoms with Crippen molar-refractivity contribution in [2.45, 2.75) is 25.7 Å². The number of ketones is 2. The maximum absolute atomic E-state index is 13.2. The van der Waals surface area contributed by atoms with E-state index in [1.165, 1.54) is 0 Å². The Labute approximate surface area is 217 Å². The summed E-state index contributed by atoms with van der Waals surface area (Å²) in [7, 11) is 11.2. The lowest BCUT2D eigenvalue weighted by Gasteiger charge is -2.22. The third kappa shape index (κ3) is 10.0. The fourth-order valence-electron chi connectivity index (χ4n) is 4.26. The molecule has 6 nitrogen and oxygen atoms in total. The van der Waals surface area contributed by atoms with Gasteiger partial charge in [0.05, 0.1) is 14.2 Å². The minimum absolute atomic E-state index is 0. The maximum atomic E-state index is 13.2. The van der Waals surface area contributed by atoms with Crippen LogP contribution in [-0.4, -0.2) is 76.9 Å². The topological polar surface area (TPSA) is 59.1 Å². The van der Waals surface area contributed by atoms with E-state index in [9.17, 15) is 9.59 Å². The first-order chi connectivity index (χ1) is 16.2. The molecule has 0 heterocycles. The van der Waals surface area contributed by atoms with E-state index in [4.69, 9.17) is 9.47 Å². The van der Waals surface area contributed by atoms with E-state index >= 15 is 0 Å². The first kappa shape index (κ1) is 30.6. The van der Waals surface area contributed by atoms with Crippen molar-refractivity contribution in [3.05, 3.63) is 59.7 Å². The standard InChI is InChI=1S/C28H40N2O4.ClH/c1-29(2)19-23(27(31)21-11-15-25(33-5)16-12-21)9-7-8-10-24(20-30(3)4)28(32)22-13-17-26(34-6)18-14-22;/h11-18,23-24H,7-10,19-20H2,1-6H3;1H/p-1. The highest BCUT2D eigenvalue weighted by atomic mass is 35.5. The van der Waals surface area contributed by atoms with Gasteiger partial charge < -0.3 is 31.7 Å². The van der Waals surface area contributed by atoms with Crippen LogP contribution in [0.5, 0.6) is 11.5 Å². The van der Waals surface area contributed by atoms with Crippen LogP contribution in [0.15, 0.2) is 48.5 Å². The average Bonchev–Trinajstić information content (AvgIpc) is 2.83.